The highest BCUT2D eigenvalue weighted by Crippen LogP contribution is 2.35. The Bertz CT molecular complexity index is 1280. The van der Waals surface area contributed by atoms with Crippen LogP contribution in [0, 0.1) is 11.8 Å². The fourth-order valence-electron chi connectivity index (χ4n) is 7.42. The van der Waals surface area contributed by atoms with Gasteiger partial charge in [0.2, 0.25) is 11.8 Å². The molecule has 2 N–H and O–H groups in total. The minimum absolute atomic E-state index is 0.00159. The van der Waals surface area contributed by atoms with E-state index in [9.17, 15) is 23.6 Å². The number of amides is 4. The second-order valence-corrected chi connectivity index (χ2v) is 15.0. The lowest BCUT2D eigenvalue weighted by atomic mass is 9.84. The van der Waals surface area contributed by atoms with Gasteiger partial charge in [0.15, 0.2) is 0 Å². The number of hydrogen-bond acceptors (Lipinski definition) is 6. The average Bonchev–Trinajstić information content (AvgIpc) is 3.56. The third-order valence-corrected chi connectivity index (χ3v) is 10.5. The zero-order valence-electron chi connectivity index (χ0n) is 28.6. The molecule has 0 radical (unpaired) electrons. The first-order valence-electron chi connectivity index (χ1n) is 17.8. The van der Waals surface area contributed by atoms with Crippen molar-refractivity contribution in [2.45, 2.75) is 121 Å². The number of hydrogen-bond donors (Lipinski definition) is 2. The lowest BCUT2D eigenvalue weighted by Crippen LogP contribution is -2.59. The summed E-state index contributed by atoms with van der Waals surface area (Å²) in [5.41, 5.74) is -0.389. The molecule has 10 nitrogen and oxygen atoms in total. The van der Waals surface area contributed by atoms with Crippen LogP contribution < -0.4 is 15.4 Å². The van der Waals surface area contributed by atoms with Crippen molar-refractivity contribution in [3.8, 4) is 5.75 Å². The lowest BCUT2D eigenvalue weighted by Gasteiger charge is -2.43. The number of halogens is 1. The molecule has 1 unspecified atom stereocenters. The number of carbonyl (C=O) groups excluding carboxylic acids is 4. The Labute approximate surface area is 279 Å². The van der Waals surface area contributed by atoms with Gasteiger partial charge >= 0.3 is 6.36 Å². The lowest BCUT2D eigenvalue weighted by molar-refractivity contribution is -0.146. The van der Waals surface area contributed by atoms with Gasteiger partial charge < -0.3 is 25.2 Å². The van der Waals surface area contributed by atoms with Gasteiger partial charge in [-0.05, 0) is 76.5 Å². The number of nitrogens with one attached hydrogen (secondary N) is 2. The summed E-state index contributed by atoms with van der Waals surface area (Å²) in [4.78, 5) is 60.0. The zero-order chi connectivity index (χ0) is 33.7. The normalized spacial score (nSPS) is 24.5. The van der Waals surface area contributed by atoms with Crippen LogP contribution in [0.4, 0.5) is 4.39 Å². The number of likely N-dealkylation sites (N-methyl/N-ethyl adjacent to an activating group) is 1. The molecule has 2 saturated carbocycles. The first-order valence-corrected chi connectivity index (χ1v) is 17.8. The fraction of sp³-hybridized carbons (Fsp3) is 0.722. The van der Waals surface area contributed by atoms with Gasteiger partial charge in [0.25, 0.3) is 11.8 Å². The SMILES string of the molecule is CC(C)C[C@@H](NC(=O)c1ccccc1OC(F)C(=O)NC1(C)CC1)C(=O)N1CCC[C@@H]1C(=O)N1CCN(C)[C@@H](CC2CCCCC2)C1. The predicted octanol–water partition coefficient (Wildman–Crippen LogP) is 4.28. The molecule has 2 saturated heterocycles. The van der Waals surface area contributed by atoms with Crippen LogP contribution in [0.1, 0.15) is 102 Å². The summed E-state index contributed by atoms with van der Waals surface area (Å²) >= 11 is 0. The van der Waals surface area contributed by atoms with Crippen molar-refractivity contribution < 1.29 is 28.3 Å². The molecule has 1 aromatic carbocycles. The number of rotatable bonds is 12. The van der Waals surface area contributed by atoms with Crippen LogP contribution >= 0.6 is 0 Å². The molecular weight excluding hydrogens is 601 g/mol. The van der Waals surface area contributed by atoms with Crippen LogP contribution in [-0.2, 0) is 14.4 Å². The Morgan fingerprint density at radius 1 is 1.00 bits per heavy atom. The molecule has 5 rings (SSSR count). The van der Waals surface area contributed by atoms with E-state index < -0.39 is 35.8 Å². The van der Waals surface area contributed by atoms with Crippen LogP contribution in [0.25, 0.3) is 0 Å². The number of likely N-dealkylation sites (tertiary alicyclic amines) is 1. The number of alkyl halides is 1. The molecule has 4 amide bonds. The molecule has 4 atom stereocenters. The third kappa shape index (κ3) is 9.03. The number of carbonyl (C=O) groups is 4. The molecular formula is C36H54FN5O5. The van der Waals surface area contributed by atoms with Gasteiger partial charge in [-0.1, -0.05) is 58.1 Å². The number of nitrogens with zero attached hydrogens (tertiary/aromatic N) is 3. The Kier molecular flexibility index (Phi) is 11.5. The predicted molar refractivity (Wildman–Crippen MR) is 177 cm³/mol. The van der Waals surface area contributed by atoms with E-state index in [1.807, 2.05) is 25.7 Å². The van der Waals surface area contributed by atoms with Crippen LogP contribution in [0.3, 0.4) is 0 Å². The smallest absolute Gasteiger partial charge is 0.316 e. The van der Waals surface area contributed by atoms with Crippen LogP contribution in [0.5, 0.6) is 5.75 Å². The van der Waals surface area contributed by atoms with Crippen LogP contribution in [0.15, 0.2) is 24.3 Å². The quantitative estimate of drug-likeness (QED) is 0.348. The zero-order valence-corrected chi connectivity index (χ0v) is 28.6. The van der Waals surface area contributed by atoms with Gasteiger partial charge in [0.05, 0.1) is 5.56 Å². The van der Waals surface area contributed by atoms with Gasteiger partial charge in [-0.15, -0.1) is 0 Å². The topological polar surface area (TPSA) is 111 Å². The molecule has 2 aliphatic heterocycles. The van der Waals surface area contributed by atoms with Crippen molar-refractivity contribution in [3.63, 3.8) is 0 Å². The van der Waals surface area contributed by atoms with Gasteiger partial charge in [0.1, 0.15) is 17.8 Å². The van der Waals surface area contributed by atoms with Gasteiger partial charge in [-0.25, -0.2) is 0 Å². The Balaban J connectivity index is 1.24. The van der Waals surface area contributed by atoms with E-state index in [-0.39, 0.29) is 29.0 Å². The monoisotopic (exact) mass is 655 g/mol. The first kappa shape index (κ1) is 35.1. The summed E-state index contributed by atoms with van der Waals surface area (Å²) in [7, 11) is 2.15. The summed E-state index contributed by atoms with van der Waals surface area (Å²) in [5.74, 6) is -1.07. The van der Waals surface area contributed by atoms with E-state index in [4.69, 9.17) is 4.74 Å². The molecule has 47 heavy (non-hydrogen) atoms. The summed E-state index contributed by atoms with van der Waals surface area (Å²) in [6.07, 6.45) is 8.50. The molecule has 2 heterocycles. The maximum Gasteiger partial charge on any atom is 0.316 e. The molecule has 4 fully saturated rings. The molecule has 260 valence electrons. The van der Waals surface area contributed by atoms with Crippen molar-refractivity contribution >= 4 is 23.6 Å². The summed E-state index contributed by atoms with van der Waals surface area (Å²) in [6.45, 7) is 8.38. The second-order valence-electron chi connectivity index (χ2n) is 15.0. The largest absolute Gasteiger partial charge is 0.451 e. The molecule has 0 bridgehead atoms. The molecule has 2 aliphatic carbocycles. The minimum Gasteiger partial charge on any atom is -0.451 e. The fourth-order valence-corrected chi connectivity index (χ4v) is 7.42. The maximum absolute atomic E-state index is 14.8. The molecule has 11 heteroatoms. The number of piperazine rings is 1. The maximum atomic E-state index is 14.8. The Morgan fingerprint density at radius 2 is 1.72 bits per heavy atom. The highest BCUT2D eigenvalue weighted by atomic mass is 19.1. The molecule has 1 aromatic rings. The summed E-state index contributed by atoms with van der Waals surface area (Å²) in [5, 5.41) is 5.50. The third-order valence-electron chi connectivity index (χ3n) is 10.5. The van der Waals surface area contributed by atoms with E-state index in [0.29, 0.717) is 44.4 Å². The van der Waals surface area contributed by atoms with Crippen molar-refractivity contribution in [1.82, 2.24) is 25.3 Å². The van der Waals surface area contributed by atoms with Crippen molar-refractivity contribution in [3.05, 3.63) is 29.8 Å². The molecule has 0 spiro atoms. The van der Waals surface area contributed by atoms with Crippen molar-refractivity contribution in [2.24, 2.45) is 11.8 Å². The number of ether oxygens (including phenoxy) is 1. The van der Waals surface area contributed by atoms with Crippen molar-refractivity contribution in [2.75, 3.05) is 33.2 Å². The van der Waals surface area contributed by atoms with Gasteiger partial charge in [-0.2, -0.15) is 4.39 Å². The van der Waals surface area contributed by atoms with Gasteiger partial charge in [0, 0.05) is 37.8 Å². The highest BCUT2D eigenvalue weighted by Gasteiger charge is 2.42. The van der Waals surface area contributed by atoms with Crippen molar-refractivity contribution in [1.29, 1.82) is 0 Å². The van der Waals surface area contributed by atoms with E-state index in [1.165, 1.54) is 44.2 Å². The summed E-state index contributed by atoms with van der Waals surface area (Å²) < 4.78 is 20.1. The van der Waals surface area contributed by atoms with E-state index >= 15 is 0 Å². The summed E-state index contributed by atoms with van der Waals surface area (Å²) in [6, 6.07) is 5.01. The molecule has 0 aromatic heterocycles. The number of para-hydroxylation sites is 1. The van der Waals surface area contributed by atoms with Gasteiger partial charge in [-0.3, -0.25) is 24.1 Å². The second kappa shape index (κ2) is 15.3. The van der Waals surface area contributed by atoms with Crippen LogP contribution in [0.2, 0.25) is 0 Å². The minimum atomic E-state index is -2.29. The average molecular weight is 656 g/mol. The van der Waals surface area contributed by atoms with E-state index in [2.05, 4.69) is 22.6 Å². The number of benzene rings is 1. The van der Waals surface area contributed by atoms with E-state index in [1.54, 1.807) is 17.0 Å². The Morgan fingerprint density at radius 3 is 2.43 bits per heavy atom. The van der Waals surface area contributed by atoms with E-state index in [0.717, 1.165) is 32.2 Å². The first-order chi connectivity index (χ1) is 22.4. The highest BCUT2D eigenvalue weighted by molar-refractivity contribution is 6.00. The molecule has 4 aliphatic rings. The van der Waals surface area contributed by atoms with Crippen LogP contribution in [-0.4, -0.2) is 102 Å². The Hall–Kier alpha value is -3.21. The standard InChI is InChI=1S/C36H54FN5O5/c1-24(2)21-28(38-32(43)27-13-8-9-15-30(27)47-31(37)33(44)39-36(3)16-17-36)34(45)42-18-10-14-29(42)35(46)41-20-19-40(4)26(23-41)22-25-11-6-5-7-12-25/h8-9,13,15,24-26,28-29,31H,5-7,10-12,14,16-23H2,1-4H3,(H,38,43)(H,39,44)/t26-,28+,29+,31?/m0/s1.